The van der Waals surface area contributed by atoms with Crippen LogP contribution in [-0.2, 0) is 23.9 Å². The first-order chi connectivity index (χ1) is 17.8. The molecule has 14 nitrogen and oxygen atoms in total. The van der Waals surface area contributed by atoms with E-state index in [1.165, 1.54) is 28.8 Å². The average molecular weight is 556 g/mol. The van der Waals surface area contributed by atoms with Gasteiger partial charge in [-0.2, -0.15) is 0 Å². The fourth-order valence-electron chi connectivity index (χ4n) is 4.22. The molecule has 1 aromatic carbocycles. The summed E-state index contributed by atoms with van der Waals surface area (Å²) in [5, 5.41) is 51.3. The molecular weight excluding hydrogens is 526 g/mol. The molecule has 7 atom stereocenters. The highest BCUT2D eigenvalue weighted by Crippen LogP contribution is 2.50. The summed E-state index contributed by atoms with van der Waals surface area (Å²) in [4.78, 5) is 63.2. The van der Waals surface area contributed by atoms with E-state index in [0.29, 0.717) is 5.56 Å². The molecule has 3 amide bonds. The summed E-state index contributed by atoms with van der Waals surface area (Å²) >= 11 is 1.23. The van der Waals surface area contributed by atoms with Crippen molar-refractivity contribution in [3.63, 3.8) is 0 Å². The average Bonchev–Trinajstić information content (AvgIpc) is 3.15. The molecule has 2 aliphatic heterocycles. The number of aliphatic hydroxyl groups excluding tert-OH is 4. The quantitative estimate of drug-likeness (QED) is 0.144. The van der Waals surface area contributed by atoms with E-state index in [4.69, 9.17) is 9.84 Å². The Balaban J connectivity index is 1.66. The van der Waals surface area contributed by atoms with E-state index in [1.807, 2.05) is 0 Å². The molecule has 208 valence electrons. The summed E-state index contributed by atoms with van der Waals surface area (Å²) in [5.41, 5.74) is 0.307. The molecule has 2 heterocycles. The van der Waals surface area contributed by atoms with Crippen LogP contribution in [0.3, 0.4) is 0 Å². The molecule has 1 aromatic rings. The number of ether oxygens (including phenoxy) is 1. The van der Waals surface area contributed by atoms with E-state index < -0.39 is 89.4 Å². The van der Waals surface area contributed by atoms with E-state index in [9.17, 15) is 44.4 Å². The van der Waals surface area contributed by atoms with Gasteiger partial charge in [0.05, 0.1) is 6.61 Å². The first-order valence-corrected chi connectivity index (χ1v) is 12.4. The van der Waals surface area contributed by atoms with E-state index in [1.54, 1.807) is 32.0 Å². The number of β-lactam (4-membered cyclic amide) rings is 1. The van der Waals surface area contributed by atoms with Crippen LogP contribution in [0.2, 0.25) is 0 Å². The van der Waals surface area contributed by atoms with Gasteiger partial charge in [-0.05, 0) is 19.4 Å². The highest BCUT2D eigenvalue weighted by Gasteiger charge is 2.64. The van der Waals surface area contributed by atoms with Crippen LogP contribution in [0, 0.1) is 0 Å². The third kappa shape index (κ3) is 5.91. The number of hydrogen-bond donors (Lipinski definition) is 7. The number of nitrogens with zero attached hydrogens (tertiary/aromatic N) is 1. The zero-order valence-electron chi connectivity index (χ0n) is 20.4. The summed E-state index contributed by atoms with van der Waals surface area (Å²) in [6.45, 7) is 1.43. The number of fused-ring (bicyclic) bond motifs is 1. The van der Waals surface area contributed by atoms with E-state index in [0.717, 1.165) is 0 Å². The molecule has 2 saturated heterocycles. The molecule has 0 radical (unpaired) electrons. The number of carboxylic acid groups (broad SMARTS) is 1. The molecule has 0 saturated carbocycles. The van der Waals surface area contributed by atoms with E-state index in [-0.39, 0.29) is 0 Å². The van der Waals surface area contributed by atoms with Gasteiger partial charge in [0.15, 0.2) is 6.61 Å². The molecule has 15 heteroatoms. The summed E-state index contributed by atoms with van der Waals surface area (Å²) in [7, 11) is 0. The Morgan fingerprint density at radius 3 is 2.34 bits per heavy atom. The van der Waals surface area contributed by atoms with Crippen molar-refractivity contribution < 1.29 is 54.2 Å². The van der Waals surface area contributed by atoms with Gasteiger partial charge in [0.25, 0.3) is 0 Å². The highest BCUT2D eigenvalue weighted by atomic mass is 32.2. The molecule has 2 fully saturated rings. The number of alkyl carbamates (subject to hydrolysis) is 1. The second kappa shape index (κ2) is 11.7. The van der Waals surface area contributed by atoms with Gasteiger partial charge >= 0.3 is 12.1 Å². The fraction of sp³-hybridized carbons (Fsp3) is 0.522. The van der Waals surface area contributed by atoms with Crippen LogP contribution in [0.15, 0.2) is 30.3 Å². The minimum Gasteiger partial charge on any atom is -0.480 e. The zero-order valence-corrected chi connectivity index (χ0v) is 21.2. The number of rotatable bonds is 11. The molecule has 0 bridgehead atoms. The molecule has 2 aliphatic rings. The van der Waals surface area contributed by atoms with Gasteiger partial charge in [-0.15, -0.1) is 11.8 Å². The molecule has 0 aliphatic carbocycles. The van der Waals surface area contributed by atoms with Gasteiger partial charge in [-0.3, -0.25) is 14.4 Å². The van der Waals surface area contributed by atoms with Gasteiger partial charge in [0, 0.05) is 4.75 Å². The number of hydrogen-bond acceptors (Lipinski definition) is 11. The first-order valence-electron chi connectivity index (χ1n) is 11.5. The summed E-state index contributed by atoms with van der Waals surface area (Å²) < 4.78 is 3.95. The number of ketones is 1. The number of amides is 3. The van der Waals surface area contributed by atoms with Crippen molar-refractivity contribution in [2.24, 2.45) is 0 Å². The lowest BCUT2D eigenvalue weighted by Crippen LogP contribution is -2.71. The number of benzene rings is 1. The molecule has 3 rings (SSSR count). The van der Waals surface area contributed by atoms with Crippen LogP contribution >= 0.6 is 11.8 Å². The van der Waals surface area contributed by atoms with Crippen molar-refractivity contribution in [3.05, 3.63) is 35.9 Å². The Morgan fingerprint density at radius 2 is 1.76 bits per heavy atom. The van der Waals surface area contributed by atoms with Crippen LogP contribution in [0.4, 0.5) is 4.79 Å². The van der Waals surface area contributed by atoms with Crippen molar-refractivity contribution >= 4 is 41.4 Å². The lowest BCUT2D eigenvalue weighted by molar-refractivity contribution is -0.161. The molecule has 4 unspecified atom stereocenters. The summed E-state index contributed by atoms with van der Waals surface area (Å²) in [5.74, 6) is -3.70. The standard InChI is InChI=1S/C23H29N3O11S/c1-23(2)17(21(34)35)26-19(33)14(20(26)38-23)24-18(32)13(10-6-4-3-5-7-10)25-22(36)37-9-12(29)16(31)15(30)11(28)8-27/h3-7,11,13-17,20,27-28,30-31H,8-9H2,1-2H3,(H,24,32)(H,25,36)(H,34,35)/t11-,13?,14?,15+,16-,17?,20?/m0/s1. The Bertz CT molecular complexity index is 1090. The van der Waals surface area contributed by atoms with Crippen molar-refractivity contribution in [1.82, 2.24) is 15.5 Å². The second-order valence-corrected chi connectivity index (χ2v) is 11.1. The maximum absolute atomic E-state index is 13.2. The van der Waals surface area contributed by atoms with Gasteiger partial charge in [0.2, 0.25) is 17.6 Å². The third-order valence-electron chi connectivity index (χ3n) is 6.21. The number of nitrogens with one attached hydrogen (secondary N) is 2. The normalized spacial score (nSPS) is 24.7. The first kappa shape index (κ1) is 29.3. The van der Waals surface area contributed by atoms with Crippen LogP contribution in [0.5, 0.6) is 0 Å². The Kier molecular flexibility index (Phi) is 8.99. The number of carbonyl (C=O) groups is 5. The minimum absolute atomic E-state index is 0.307. The van der Waals surface area contributed by atoms with E-state index in [2.05, 4.69) is 10.6 Å². The second-order valence-electron chi connectivity index (χ2n) is 9.30. The SMILES string of the molecule is CC1(C)SC2C(NC(=O)C(NC(=O)OCC(=O)[C@H](O)[C@H](O)[C@@H](O)CO)c3ccccc3)C(=O)N2C1C(=O)O. The van der Waals surface area contributed by atoms with E-state index >= 15 is 0 Å². The number of Topliss-reactive ketones (excluding diaryl/α,β-unsaturated/α-hetero) is 1. The molecule has 7 N–H and O–H groups in total. The lowest BCUT2D eigenvalue weighted by atomic mass is 9.95. The third-order valence-corrected chi connectivity index (χ3v) is 7.78. The highest BCUT2D eigenvalue weighted by molar-refractivity contribution is 8.01. The minimum atomic E-state index is -2.14. The van der Waals surface area contributed by atoms with Gasteiger partial charge < -0.3 is 45.8 Å². The van der Waals surface area contributed by atoms with Crippen LogP contribution in [0.25, 0.3) is 0 Å². The lowest BCUT2D eigenvalue weighted by Gasteiger charge is -2.43. The Hall–Kier alpha value is -3.24. The number of carboxylic acids is 1. The molecule has 38 heavy (non-hydrogen) atoms. The summed E-state index contributed by atoms with van der Waals surface area (Å²) in [6, 6.07) is 4.43. The maximum atomic E-state index is 13.2. The Morgan fingerprint density at radius 1 is 1.13 bits per heavy atom. The van der Waals surface area contributed by atoms with Crippen LogP contribution in [-0.4, -0.2) is 114 Å². The zero-order chi connectivity index (χ0) is 28.4. The predicted octanol–water partition coefficient (Wildman–Crippen LogP) is -2.27. The maximum Gasteiger partial charge on any atom is 0.408 e. The largest absolute Gasteiger partial charge is 0.480 e. The van der Waals surface area contributed by atoms with Crippen LogP contribution in [0.1, 0.15) is 25.5 Å². The van der Waals surface area contributed by atoms with Crippen molar-refractivity contribution in [2.45, 2.75) is 60.4 Å². The van der Waals surface area contributed by atoms with Crippen molar-refractivity contribution in [3.8, 4) is 0 Å². The topological polar surface area (TPSA) is 223 Å². The summed E-state index contributed by atoms with van der Waals surface area (Å²) in [6.07, 6.45) is -7.20. The van der Waals surface area contributed by atoms with Gasteiger partial charge in [0.1, 0.15) is 41.8 Å². The molecule has 0 aromatic heterocycles. The molecular formula is C23H29N3O11S. The monoisotopic (exact) mass is 555 g/mol. The Labute approximate surface area is 220 Å². The van der Waals surface area contributed by atoms with Crippen molar-refractivity contribution in [2.75, 3.05) is 13.2 Å². The van der Waals surface area contributed by atoms with Gasteiger partial charge in [-0.25, -0.2) is 9.59 Å². The number of aliphatic carboxylic acids is 1. The number of carbonyl (C=O) groups excluding carboxylic acids is 4. The van der Waals surface area contributed by atoms with Gasteiger partial charge in [-0.1, -0.05) is 30.3 Å². The predicted molar refractivity (Wildman–Crippen MR) is 129 cm³/mol. The van der Waals surface area contributed by atoms with Crippen LogP contribution < -0.4 is 10.6 Å². The molecule has 0 spiro atoms. The smallest absolute Gasteiger partial charge is 0.408 e. The fourth-order valence-corrected chi connectivity index (χ4v) is 5.84. The van der Waals surface area contributed by atoms with Crippen molar-refractivity contribution in [1.29, 1.82) is 0 Å². The number of thioether (sulfide) groups is 1. The number of aliphatic hydroxyl groups is 4.